The maximum absolute atomic E-state index is 13.2. The van der Waals surface area contributed by atoms with E-state index < -0.39 is 9.84 Å². The van der Waals surface area contributed by atoms with E-state index in [9.17, 15) is 13.2 Å². The average molecular weight is 422 g/mol. The molecule has 1 aromatic carbocycles. The molecule has 5 nitrogen and oxygen atoms in total. The predicted molar refractivity (Wildman–Crippen MR) is 114 cm³/mol. The first-order chi connectivity index (χ1) is 13.4. The molecule has 4 rings (SSSR count). The van der Waals surface area contributed by atoms with Gasteiger partial charge in [-0.25, -0.2) is 8.42 Å². The molecule has 1 aliphatic carbocycles. The van der Waals surface area contributed by atoms with E-state index in [2.05, 4.69) is 0 Å². The van der Waals surface area contributed by atoms with Crippen molar-refractivity contribution in [1.82, 2.24) is 4.90 Å². The molecule has 0 N–H and O–H groups in total. The van der Waals surface area contributed by atoms with Gasteiger partial charge in [-0.2, -0.15) is 11.8 Å². The summed E-state index contributed by atoms with van der Waals surface area (Å²) in [5.74, 6) is 1.11. The summed E-state index contributed by atoms with van der Waals surface area (Å²) in [6.07, 6.45) is 6.87. The topological polar surface area (TPSA) is 67.6 Å². The van der Waals surface area contributed by atoms with Gasteiger partial charge in [0.25, 0.3) is 5.91 Å². The number of rotatable bonds is 5. The minimum atomic E-state index is -3.04. The van der Waals surface area contributed by atoms with E-state index in [0.29, 0.717) is 17.4 Å². The minimum Gasteiger partial charge on any atom is -0.451 e. The molecular weight excluding hydrogens is 394 g/mol. The molecule has 7 heteroatoms. The minimum absolute atomic E-state index is 0.0433. The Balaban J connectivity index is 1.59. The zero-order chi connectivity index (χ0) is 19.7. The summed E-state index contributed by atoms with van der Waals surface area (Å²) >= 11 is 1.92. The number of sulfone groups is 1. The normalized spacial score (nSPS) is 22.5. The van der Waals surface area contributed by atoms with Gasteiger partial charge >= 0.3 is 0 Å². The first-order valence-corrected chi connectivity index (χ1v) is 12.9. The highest BCUT2D eigenvalue weighted by atomic mass is 32.2. The number of benzene rings is 1. The summed E-state index contributed by atoms with van der Waals surface area (Å²) in [6.45, 7) is 0. The number of amides is 1. The quantitative estimate of drug-likeness (QED) is 0.722. The summed E-state index contributed by atoms with van der Waals surface area (Å²) in [4.78, 5) is 14.8. The first-order valence-electron chi connectivity index (χ1n) is 10.0. The Labute approximate surface area is 170 Å². The van der Waals surface area contributed by atoms with Crippen LogP contribution >= 0.6 is 11.8 Å². The third-order valence-electron chi connectivity index (χ3n) is 5.98. The number of hydrogen-bond donors (Lipinski definition) is 0. The SMILES string of the molecule is CN(C(=O)c1oc2ccccc2c1CSC1CCCCC1)C1CCS(=O)(=O)C1. The average Bonchev–Trinajstić information content (AvgIpc) is 3.26. The molecule has 0 bridgehead atoms. The standard InChI is InChI=1S/C21H27NO4S2/c1-22(15-11-12-28(24,25)14-15)21(23)20-18(13-27-16-7-3-2-4-8-16)17-9-5-6-10-19(17)26-20/h5-6,9-10,15-16H,2-4,7-8,11-14H2,1H3. The van der Waals surface area contributed by atoms with Crippen molar-refractivity contribution in [2.45, 2.75) is 55.6 Å². The van der Waals surface area contributed by atoms with Gasteiger partial charge in [-0.05, 0) is 25.3 Å². The zero-order valence-electron chi connectivity index (χ0n) is 16.2. The number of para-hydroxylation sites is 1. The van der Waals surface area contributed by atoms with Crippen molar-refractivity contribution in [2.75, 3.05) is 18.6 Å². The fraction of sp³-hybridized carbons (Fsp3) is 0.571. The molecule has 1 aliphatic heterocycles. The lowest BCUT2D eigenvalue weighted by molar-refractivity contribution is 0.0717. The monoisotopic (exact) mass is 421 g/mol. The van der Waals surface area contributed by atoms with E-state index in [1.807, 2.05) is 36.0 Å². The van der Waals surface area contributed by atoms with Crippen molar-refractivity contribution in [2.24, 2.45) is 0 Å². The molecule has 2 heterocycles. The highest BCUT2D eigenvalue weighted by Crippen LogP contribution is 2.35. The smallest absolute Gasteiger partial charge is 0.289 e. The third kappa shape index (κ3) is 4.10. The molecule has 0 radical (unpaired) electrons. The van der Waals surface area contributed by atoms with Crippen molar-refractivity contribution >= 4 is 38.5 Å². The Kier molecular flexibility index (Phi) is 5.74. The van der Waals surface area contributed by atoms with Gasteiger partial charge in [0.05, 0.1) is 11.5 Å². The van der Waals surface area contributed by atoms with Crippen LogP contribution in [0.2, 0.25) is 0 Å². The molecule has 1 saturated carbocycles. The Morgan fingerprint density at radius 3 is 2.64 bits per heavy atom. The summed E-state index contributed by atoms with van der Waals surface area (Å²) in [6, 6.07) is 7.50. The lowest BCUT2D eigenvalue weighted by Gasteiger charge is -2.23. The molecule has 0 spiro atoms. The van der Waals surface area contributed by atoms with Crippen LogP contribution in [-0.2, 0) is 15.6 Å². The number of carbonyl (C=O) groups is 1. The summed E-state index contributed by atoms with van der Waals surface area (Å²) < 4.78 is 29.6. The van der Waals surface area contributed by atoms with Crippen LogP contribution in [0.25, 0.3) is 11.0 Å². The molecule has 1 amide bonds. The van der Waals surface area contributed by atoms with Crippen LogP contribution < -0.4 is 0 Å². The number of fused-ring (bicyclic) bond motifs is 1. The van der Waals surface area contributed by atoms with Gasteiger partial charge in [0.15, 0.2) is 15.6 Å². The Morgan fingerprint density at radius 1 is 1.18 bits per heavy atom. The number of carbonyl (C=O) groups excluding carboxylic acids is 1. The van der Waals surface area contributed by atoms with Crippen LogP contribution in [0, 0.1) is 0 Å². The van der Waals surface area contributed by atoms with E-state index in [0.717, 1.165) is 22.3 Å². The van der Waals surface area contributed by atoms with Crippen molar-refractivity contribution in [3.63, 3.8) is 0 Å². The maximum atomic E-state index is 13.2. The second-order valence-corrected chi connectivity index (χ2v) is 11.5. The van der Waals surface area contributed by atoms with Gasteiger partial charge in [-0.3, -0.25) is 4.79 Å². The van der Waals surface area contributed by atoms with E-state index in [4.69, 9.17) is 4.42 Å². The third-order valence-corrected chi connectivity index (χ3v) is 9.13. The molecular formula is C21H27NO4S2. The lowest BCUT2D eigenvalue weighted by atomic mass is 10.0. The van der Waals surface area contributed by atoms with E-state index in [1.54, 1.807) is 11.9 Å². The van der Waals surface area contributed by atoms with Gasteiger partial charge < -0.3 is 9.32 Å². The van der Waals surface area contributed by atoms with Crippen molar-refractivity contribution < 1.29 is 17.6 Å². The Morgan fingerprint density at radius 2 is 1.93 bits per heavy atom. The lowest BCUT2D eigenvalue weighted by Crippen LogP contribution is -2.38. The molecule has 2 fully saturated rings. The van der Waals surface area contributed by atoms with Crippen LogP contribution in [0.1, 0.15) is 54.6 Å². The van der Waals surface area contributed by atoms with Crippen molar-refractivity contribution in [1.29, 1.82) is 0 Å². The van der Waals surface area contributed by atoms with E-state index in [1.165, 1.54) is 32.1 Å². The van der Waals surface area contributed by atoms with Crippen molar-refractivity contribution in [3.8, 4) is 0 Å². The first kappa shape index (κ1) is 19.8. The highest BCUT2D eigenvalue weighted by Gasteiger charge is 2.35. The van der Waals surface area contributed by atoms with Crippen molar-refractivity contribution in [3.05, 3.63) is 35.6 Å². The summed E-state index contributed by atoms with van der Waals surface area (Å²) in [5, 5.41) is 1.63. The van der Waals surface area contributed by atoms with Crippen LogP contribution in [0.4, 0.5) is 0 Å². The van der Waals surface area contributed by atoms with Gasteiger partial charge in [-0.1, -0.05) is 37.5 Å². The Bertz CT molecular complexity index is 960. The van der Waals surface area contributed by atoms with E-state index >= 15 is 0 Å². The molecule has 152 valence electrons. The molecule has 28 heavy (non-hydrogen) atoms. The largest absolute Gasteiger partial charge is 0.451 e. The maximum Gasteiger partial charge on any atom is 0.289 e. The van der Waals surface area contributed by atoms with Gasteiger partial charge in [-0.15, -0.1) is 0 Å². The molecule has 1 aromatic heterocycles. The van der Waals surface area contributed by atoms with Gasteiger partial charge in [0.2, 0.25) is 0 Å². The molecule has 2 aromatic rings. The number of thioether (sulfide) groups is 1. The zero-order valence-corrected chi connectivity index (χ0v) is 17.9. The van der Waals surface area contributed by atoms with E-state index in [-0.39, 0.29) is 23.5 Å². The fourth-order valence-electron chi connectivity index (χ4n) is 4.25. The second-order valence-electron chi connectivity index (χ2n) is 7.95. The van der Waals surface area contributed by atoms with Gasteiger partial charge in [0, 0.05) is 35.0 Å². The fourth-order valence-corrected chi connectivity index (χ4v) is 7.38. The summed E-state index contributed by atoms with van der Waals surface area (Å²) in [7, 11) is -1.35. The number of nitrogens with zero attached hydrogens (tertiary/aromatic N) is 1. The van der Waals surface area contributed by atoms with Crippen LogP contribution in [0.3, 0.4) is 0 Å². The van der Waals surface area contributed by atoms with Crippen LogP contribution in [-0.4, -0.2) is 49.1 Å². The highest BCUT2D eigenvalue weighted by molar-refractivity contribution is 7.99. The Hall–Kier alpha value is -1.47. The molecule has 2 aliphatic rings. The number of furan rings is 1. The van der Waals surface area contributed by atoms with Crippen LogP contribution in [0.15, 0.2) is 28.7 Å². The summed E-state index contributed by atoms with van der Waals surface area (Å²) in [5.41, 5.74) is 1.67. The molecule has 1 atom stereocenters. The number of hydrogen-bond acceptors (Lipinski definition) is 5. The second kappa shape index (κ2) is 8.11. The molecule has 1 saturated heterocycles. The molecule has 1 unspecified atom stereocenters. The van der Waals surface area contributed by atoms with Crippen LogP contribution in [0.5, 0.6) is 0 Å². The van der Waals surface area contributed by atoms with Gasteiger partial charge in [0.1, 0.15) is 5.58 Å². The predicted octanol–water partition coefficient (Wildman–Crippen LogP) is 4.26.